The first kappa shape index (κ1) is 20.0. The molecule has 160 valence electrons. The van der Waals surface area contributed by atoms with Crippen molar-refractivity contribution in [3.63, 3.8) is 0 Å². The molecule has 1 saturated carbocycles. The molecule has 1 heterocycles. The number of aromatic nitrogens is 2. The van der Waals surface area contributed by atoms with Crippen LogP contribution in [0.4, 0.5) is 0 Å². The Kier molecular flexibility index (Phi) is 4.93. The minimum absolute atomic E-state index is 0.0578. The summed E-state index contributed by atoms with van der Waals surface area (Å²) in [5, 5.41) is 7.22. The summed E-state index contributed by atoms with van der Waals surface area (Å²) in [6.45, 7) is 0. The second-order valence-electron chi connectivity index (χ2n) is 8.56. The van der Waals surface area contributed by atoms with Crippen molar-refractivity contribution in [2.24, 2.45) is 0 Å². The monoisotopic (exact) mass is 435 g/mol. The van der Waals surface area contributed by atoms with E-state index >= 15 is 0 Å². The molecule has 2 aliphatic carbocycles. The van der Waals surface area contributed by atoms with Gasteiger partial charge in [-0.2, -0.15) is 5.10 Å². The quantitative estimate of drug-likeness (QED) is 0.663. The molecule has 31 heavy (non-hydrogen) atoms. The normalized spacial score (nSPS) is 18.4. The van der Waals surface area contributed by atoms with Crippen LogP contribution < -0.4 is 0 Å². The molecule has 1 aromatic heterocycles. The van der Waals surface area contributed by atoms with Crippen LogP contribution in [0.25, 0.3) is 11.1 Å². The first-order valence-corrected chi connectivity index (χ1v) is 12.5. The number of nitrogens with one attached hydrogen (secondary N) is 1. The van der Waals surface area contributed by atoms with Crippen molar-refractivity contribution in [1.82, 2.24) is 15.1 Å². The zero-order chi connectivity index (χ0) is 21.6. The predicted molar refractivity (Wildman–Crippen MR) is 119 cm³/mol. The highest BCUT2D eigenvalue weighted by Crippen LogP contribution is 2.35. The lowest BCUT2D eigenvalue weighted by Crippen LogP contribution is -2.44. The maximum atomic E-state index is 13.5. The van der Waals surface area contributed by atoms with Crippen molar-refractivity contribution in [2.75, 3.05) is 6.26 Å². The van der Waals surface area contributed by atoms with Crippen LogP contribution in [-0.4, -0.2) is 47.8 Å². The van der Waals surface area contributed by atoms with Crippen molar-refractivity contribution in [3.8, 4) is 11.1 Å². The first-order chi connectivity index (χ1) is 14.9. The van der Waals surface area contributed by atoms with E-state index in [1.807, 2.05) is 36.5 Å². The number of benzene rings is 2. The van der Waals surface area contributed by atoms with E-state index in [2.05, 4.69) is 15.1 Å². The van der Waals surface area contributed by atoms with Crippen LogP contribution in [0.15, 0.2) is 59.6 Å². The number of carbonyl (C=O) groups is 1. The molecule has 2 aromatic carbocycles. The van der Waals surface area contributed by atoms with Crippen LogP contribution in [-0.2, 0) is 22.7 Å². The Hall–Kier alpha value is -2.93. The summed E-state index contributed by atoms with van der Waals surface area (Å²) in [6, 6.07) is 14.8. The minimum Gasteiger partial charge on any atom is -0.332 e. The third kappa shape index (κ3) is 3.90. The SMILES string of the molecule is CS(=O)(=O)c1ccccc1-c1ccc(C(=O)N(C2CC2)C2CCc3[nH]ncc3C2)cc1. The number of aromatic amines is 1. The van der Waals surface area contributed by atoms with E-state index in [0.717, 1.165) is 37.7 Å². The molecule has 1 unspecified atom stereocenters. The summed E-state index contributed by atoms with van der Waals surface area (Å²) in [5.41, 5.74) is 4.49. The molecular weight excluding hydrogens is 410 g/mol. The Bertz CT molecular complexity index is 1230. The van der Waals surface area contributed by atoms with Crippen LogP contribution in [0.5, 0.6) is 0 Å². The third-order valence-electron chi connectivity index (χ3n) is 6.29. The van der Waals surface area contributed by atoms with Crippen molar-refractivity contribution >= 4 is 15.7 Å². The van der Waals surface area contributed by atoms with E-state index in [-0.39, 0.29) is 11.9 Å². The average molecular weight is 436 g/mol. The molecule has 1 N–H and O–H groups in total. The largest absolute Gasteiger partial charge is 0.332 e. The summed E-state index contributed by atoms with van der Waals surface area (Å²) >= 11 is 0. The molecule has 6 nitrogen and oxygen atoms in total. The molecule has 0 radical (unpaired) electrons. The highest BCUT2D eigenvalue weighted by atomic mass is 32.2. The molecule has 7 heteroatoms. The summed E-state index contributed by atoms with van der Waals surface area (Å²) in [5.74, 6) is 0.0578. The summed E-state index contributed by atoms with van der Waals surface area (Å²) < 4.78 is 24.3. The molecule has 2 aliphatic rings. The van der Waals surface area contributed by atoms with E-state index in [1.54, 1.807) is 18.2 Å². The lowest BCUT2D eigenvalue weighted by molar-refractivity contribution is 0.0643. The second-order valence-corrected chi connectivity index (χ2v) is 10.5. The molecule has 0 spiro atoms. The summed E-state index contributed by atoms with van der Waals surface area (Å²) in [6.07, 6.45) is 7.90. The molecular formula is C24H25N3O3S. The van der Waals surface area contributed by atoms with Gasteiger partial charge in [0, 0.05) is 35.2 Å². The van der Waals surface area contributed by atoms with Crippen LogP contribution in [0.1, 0.15) is 40.9 Å². The highest BCUT2D eigenvalue weighted by molar-refractivity contribution is 7.90. The Labute approximate surface area is 182 Å². The number of nitrogens with zero attached hydrogens (tertiary/aromatic N) is 2. The van der Waals surface area contributed by atoms with E-state index in [0.29, 0.717) is 22.1 Å². The lowest BCUT2D eigenvalue weighted by Gasteiger charge is -2.34. The topological polar surface area (TPSA) is 83.1 Å². The smallest absolute Gasteiger partial charge is 0.254 e. The number of hydrogen-bond donors (Lipinski definition) is 1. The zero-order valence-electron chi connectivity index (χ0n) is 17.4. The van der Waals surface area contributed by atoms with Gasteiger partial charge in [0.2, 0.25) is 0 Å². The molecule has 1 amide bonds. The van der Waals surface area contributed by atoms with Crippen molar-refractivity contribution in [2.45, 2.75) is 49.1 Å². The first-order valence-electron chi connectivity index (χ1n) is 10.6. The Morgan fingerprint density at radius 3 is 2.48 bits per heavy atom. The van der Waals surface area contributed by atoms with Gasteiger partial charge in [-0.05, 0) is 61.4 Å². The predicted octanol–water partition coefficient (Wildman–Crippen LogP) is 3.64. The third-order valence-corrected chi connectivity index (χ3v) is 7.44. The molecule has 1 atom stereocenters. The van der Waals surface area contributed by atoms with Gasteiger partial charge < -0.3 is 4.90 Å². The number of H-pyrrole nitrogens is 1. The van der Waals surface area contributed by atoms with E-state index in [1.165, 1.54) is 17.5 Å². The van der Waals surface area contributed by atoms with Crippen LogP contribution in [0.2, 0.25) is 0 Å². The highest BCUT2D eigenvalue weighted by Gasteiger charge is 2.39. The lowest BCUT2D eigenvalue weighted by atomic mass is 9.91. The van der Waals surface area contributed by atoms with Gasteiger partial charge in [-0.25, -0.2) is 8.42 Å². The fourth-order valence-electron chi connectivity index (χ4n) is 4.59. The van der Waals surface area contributed by atoms with Gasteiger partial charge >= 0.3 is 0 Å². The summed E-state index contributed by atoms with van der Waals surface area (Å²) in [7, 11) is -3.34. The van der Waals surface area contributed by atoms with Gasteiger partial charge in [0.15, 0.2) is 9.84 Å². The molecule has 1 fully saturated rings. The molecule has 0 aliphatic heterocycles. The average Bonchev–Trinajstić information content (AvgIpc) is 3.49. The minimum atomic E-state index is -3.34. The number of carbonyl (C=O) groups excluding carboxylic acids is 1. The van der Waals surface area contributed by atoms with Gasteiger partial charge in [-0.3, -0.25) is 9.89 Å². The van der Waals surface area contributed by atoms with Crippen molar-refractivity contribution in [1.29, 1.82) is 0 Å². The molecule has 0 saturated heterocycles. The van der Waals surface area contributed by atoms with Crippen LogP contribution >= 0.6 is 0 Å². The Morgan fingerprint density at radius 1 is 1.03 bits per heavy atom. The van der Waals surface area contributed by atoms with Gasteiger partial charge in [0.1, 0.15) is 0 Å². The van der Waals surface area contributed by atoms with Crippen molar-refractivity contribution in [3.05, 3.63) is 71.5 Å². The van der Waals surface area contributed by atoms with Crippen molar-refractivity contribution < 1.29 is 13.2 Å². The Morgan fingerprint density at radius 2 is 1.77 bits per heavy atom. The molecule has 3 aromatic rings. The maximum Gasteiger partial charge on any atom is 0.254 e. The van der Waals surface area contributed by atoms with Crippen LogP contribution in [0.3, 0.4) is 0 Å². The number of sulfone groups is 1. The van der Waals surface area contributed by atoms with Gasteiger partial charge in [0.05, 0.1) is 11.1 Å². The number of rotatable bonds is 5. The van der Waals surface area contributed by atoms with Gasteiger partial charge in [-0.1, -0.05) is 30.3 Å². The zero-order valence-corrected chi connectivity index (χ0v) is 18.2. The van der Waals surface area contributed by atoms with E-state index < -0.39 is 9.84 Å². The number of fused-ring (bicyclic) bond motifs is 1. The molecule has 0 bridgehead atoms. The maximum absolute atomic E-state index is 13.5. The number of hydrogen-bond acceptors (Lipinski definition) is 4. The van der Waals surface area contributed by atoms with E-state index in [4.69, 9.17) is 0 Å². The van der Waals surface area contributed by atoms with Crippen LogP contribution in [0, 0.1) is 0 Å². The second kappa shape index (κ2) is 7.64. The number of amides is 1. The van der Waals surface area contributed by atoms with Gasteiger partial charge in [0.25, 0.3) is 5.91 Å². The number of aryl methyl sites for hydroxylation is 1. The summed E-state index contributed by atoms with van der Waals surface area (Å²) in [4.78, 5) is 15.8. The fourth-order valence-corrected chi connectivity index (χ4v) is 5.50. The molecule has 5 rings (SSSR count). The van der Waals surface area contributed by atoms with Gasteiger partial charge in [-0.15, -0.1) is 0 Å². The Balaban J connectivity index is 1.41. The standard InChI is InChI=1S/C24H25N3O3S/c1-31(29,30)23-5-3-2-4-21(23)16-6-8-17(9-7-16)24(28)27(19-10-11-19)20-12-13-22-18(14-20)15-25-26-22/h2-9,15,19-20H,10-14H2,1H3,(H,25,26). The fraction of sp³-hybridized carbons (Fsp3) is 0.333. The van der Waals surface area contributed by atoms with E-state index in [9.17, 15) is 13.2 Å².